The van der Waals surface area contributed by atoms with Gasteiger partial charge in [0.1, 0.15) is 17.3 Å². The number of carboxylic acid groups (broad SMARTS) is 1. The van der Waals surface area contributed by atoms with Crippen LogP contribution < -0.4 is 0 Å². The third-order valence-corrected chi connectivity index (χ3v) is 7.63. The second-order valence-corrected chi connectivity index (χ2v) is 8.91. The van der Waals surface area contributed by atoms with Gasteiger partial charge in [-0.25, -0.2) is 0 Å². The number of hydrogen-bond donors (Lipinski definition) is 1. The first-order valence-electron chi connectivity index (χ1n) is 9.39. The number of ketones is 3. The summed E-state index contributed by atoms with van der Waals surface area (Å²) in [4.78, 5) is 49.0. The van der Waals surface area contributed by atoms with Gasteiger partial charge in [-0.3, -0.25) is 19.2 Å². The lowest BCUT2D eigenvalue weighted by molar-refractivity contribution is -0.161. The SMILES string of the molecule is CC(=O)C1CCC2C3CCC(=O)C(C)(CCC(=O)O)C3C(=O)CC12C. The monoisotopic (exact) mass is 348 g/mol. The van der Waals surface area contributed by atoms with E-state index in [1.54, 1.807) is 13.8 Å². The largest absolute Gasteiger partial charge is 0.481 e. The Morgan fingerprint density at radius 1 is 1.16 bits per heavy atom. The summed E-state index contributed by atoms with van der Waals surface area (Å²) in [6.07, 6.45) is 3.36. The summed E-state index contributed by atoms with van der Waals surface area (Å²) in [6, 6.07) is 0. The van der Waals surface area contributed by atoms with E-state index in [2.05, 4.69) is 6.92 Å². The van der Waals surface area contributed by atoms with Crippen molar-refractivity contribution in [3.8, 4) is 0 Å². The van der Waals surface area contributed by atoms with E-state index in [1.807, 2.05) is 0 Å². The van der Waals surface area contributed by atoms with Gasteiger partial charge in [-0.1, -0.05) is 13.8 Å². The van der Waals surface area contributed by atoms with Crippen molar-refractivity contribution in [2.24, 2.45) is 34.5 Å². The number of fused-ring (bicyclic) bond motifs is 3. The van der Waals surface area contributed by atoms with Crippen LogP contribution in [-0.2, 0) is 19.2 Å². The summed E-state index contributed by atoms with van der Waals surface area (Å²) in [7, 11) is 0. The molecule has 25 heavy (non-hydrogen) atoms. The van der Waals surface area contributed by atoms with Crippen LogP contribution in [0.25, 0.3) is 0 Å². The highest BCUT2D eigenvalue weighted by molar-refractivity contribution is 5.95. The van der Waals surface area contributed by atoms with Crippen molar-refractivity contribution in [2.75, 3.05) is 0 Å². The Balaban J connectivity index is 1.95. The zero-order chi connectivity index (χ0) is 18.6. The third-order valence-electron chi connectivity index (χ3n) is 7.63. The van der Waals surface area contributed by atoms with Crippen molar-refractivity contribution < 1.29 is 24.3 Å². The summed E-state index contributed by atoms with van der Waals surface area (Å²) >= 11 is 0. The van der Waals surface area contributed by atoms with E-state index in [-0.39, 0.29) is 59.3 Å². The second kappa shape index (κ2) is 6.03. The first kappa shape index (κ1) is 18.3. The van der Waals surface area contributed by atoms with Crippen LogP contribution >= 0.6 is 0 Å². The van der Waals surface area contributed by atoms with E-state index in [1.165, 1.54) is 0 Å². The van der Waals surface area contributed by atoms with Gasteiger partial charge in [-0.2, -0.15) is 0 Å². The van der Waals surface area contributed by atoms with E-state index in [0.717, 1.165) is 12.8 Å². The summed E-state index contributed by atoms with van der Waals surface area (Å²) in [5, 5.41) is 9.06. The van der Waals surface area contributed by atoms with Gasteiger partial charge in [-0.15, -0.1) is 0 Å². The molecule has 0 aliphatic heterocycles. The van der Waals surface area contributed by atoms with Crippen molar-refractivity contribution in [1.82, 2.24) is 0 Å². The van der Waals surface area contributed by atoms with Crippen LogP contribution in [0.2, 0.25) is 0 Å². The lowest BCUT2D eigenvalue weighted by Crippen LogP contribution is -2.56. The molecule has 6 atom stereocenters. The maximum absolute atomic E-state index is 13.1. The molecule has 5 nitrogen and oxygen atoms in total. The molecule has 0 aromatic carbocycles. The fourth-order valence-electron chi connectivity index (χ4n) is 6.46. The molecule has 0 bridgehead atoms. The smallest absolute Gasteiger partial charge is 0.303 e. The number of Topliss-reactive ketones (excluding diaryl/α,β-unsaturated/α-hetero) is 3. The molecular formula is C20H28O5. The van der Waals surface area contributed by atoms with Gasteiger partial charge < -0.3 is 5.11 Å². The molecule has 0 saturated heterocycles. The molecule has 3 rings (SSSR count). The molecule has 0 aromatic heterocycles. The zero-order valence-electron chi connectivity index (χ0n) is 15.3. The van der Waals surface area contributed by atoms with Crippen molar-refractivity contribution in [1.29, 1.82) is 0 Å². The molecule has 5 heteroatoms. The minimum atomic E-state index is -0.929. The highest BCUT2D eigenvalue weighted by Crippen LogP contribution is 2.63. The van der Waals surface area contributed by atoms with Crippen LogP contribution in [0, 0.1) is 34.5 Å². The summed E-state index contributed by atoms with van der Waals surface area (Å²) in [6.45, 7) is 5.50. The van der Waals surface area contributed by atoms with Gasteiger partial charge in [0.25, 0.3) is 0 Å². The van der Waals surface area contributed by atoms with Crippen LogP contribution in [-0.4, -0.2) is 28.4 Å². The van der Waals surface area contributed by atoms with Crippen molar-refractivity contribution >= 4 is 23.3 Å². The number of carbonyl (C=O) groups is 4. The van der Waals surface area contributed by atoms with Crippen LogP contribution in [0.4, 0.5) is 0 Å². The number of carbonyl (C=O) groups excluding carboxylic acids is 3. The van der Waals surface area contributed by atoms with Crippen LogP contribution in [0.5, 0.6) is 0 Å². The number of rotatable bonds is 4. The molecule has 3 fully saturated rings. The number of carboxylic acids is 1. The van der Waals surface area contributed by atoms with Gasteiger partial charge >= 0.3 is 5.97 Å². The predicted octanol–water partition coefficient (Wildman–Crippen LogP) is 3.05. The Kier molecular flexibility index (Phi) is 4.41. The van der Waals surface area contributed by atoms with E-state index >= 15 is 0 Å². The van der Waals surface area contributed by atoms with Gasteiger partial charge in [0.05, 0.1) is 0 Å². The van der Waals surface area contributed by atoms with E-state index in [9.17, 15) is 19.2 Å². The Bertz CT molecular complexity index is 638. The third kappa shape index (κ3) is 2.67. The van der Waals surface area contributed by atoms with Gasteiger partial charge in [-0.05, 0) is 49.9 Å². The standard InChI is InChI=1S/C20H28O5/c1-11(21)13-5-6-14-12-4-7-16(23)19(2,9-8-17(24)25)18(12)15(22)10-20(13,14)3/h12-14,18H,4-10H2,1-3H3,(H,24,25). The fraction of sp³-hybridized carbons (Fsp3) is 0.800. The summed E-state index contributed by atoms with van der Waals surface area (Å²) in [5.74, 6) is -0.722. The second-order valence-electron chi connectivity index (χ2n) is 8.91. The first-order chi connectivity index (χ1) is 11.6. The molecule has 0 amide bonds. The Hall–Kier alpha value is -1.52. The molecular weight excluding hydrogens is 320 g/mol. The Morgan fingerprint density at radius 2 is 1.84 bits per heavy atom. The van der Waals surface area contributed by atoms with Crippen LogP contribution in [0.1, 0.15) is 65.7 Å². The van der Waals surface area contributed by atoms with Crippen LogP contribution in [0.3, 0.4) is 0 Å². The molecule has 0 radical (unpaired) electrons. The molecule has 3 saturated carbocycles. The van der Waals surface area contributed by atoms with Crippen molar-refractivity contribution in [3.63, 3.8) is 0 Å². The quantitative estimate of drug-likeness (QED) is 0.843. The molecule has 0 aromatic rings. The minimum Gasteiger partial charge on any atom is -0.481 e. The van der Waals surface area contributed by atoms with E-state index in [4.69, 9.17) is 5.11 Å². The Morgan fingerprint density at radius 3 is 2.44 bits per heavy atom. The highest BCUT2D eigenvalue weighted by Gasteiger charge is 2.63. The average Bonchev–Trinajstić information content (AvgIpc) is 2.85. The molecule has 3 aliphatic rings. The normalized spacial score (nSPS) is 43.5. The average molecular weight is 348 g/mol. The summed E-state index contributed by atoms with van der Waals surface area (Å²) < 4.78 is 0. The maximum Gasteiger partial charge on any atom is 0.303 e. The van der Waals surface area contributed by atoms with Crippen molar-refractivity contribution in [2.45, 2.75) is 65.7 Å². The lowest BCUT2D eigenvalue weighted by atomic mass is 9.48. The highest BCUT2D eigenvalue weighted by atomic mass is 16.4. The number of hydrogen-bond acceptors (Lipinski definition) is 4. The Labute approximate surface area is 148 Å². The minimum absolute atomic E-state index is 0.0352. The topological polar surface area (TPSA) is 88.5 Å². The van der Waals surface area contributed by atoms with Gasteiger partial charge in [0, 0.05) is 36.5 Å². The molecule has 6 unspecified atom stereocenters. The summed E-state index contributed by atoms with van der Waals surface area (Å²) in [5.41, 5.74) is -1.16. The maximum atomic E-state index is 13.1. The number of aliphatic carboxylic acids is 1. The van der Waals surface area contributed by atoms with Crippen LogP contribution in [0.15, 0.2) is 0 Å². The molecule has 1 N–H and O–H groups in total. The molecule has 0 spiro atoms. The molecule has 3 aliphatic carbocycles. The molecule has 0 heterocycles. The first-order valence-corrected chi connectivity index (χ1v) is 9.39. The van der Waals surface area contributed by atoms with E-state index < -0.39 is 11.4 Å². The van der Waals surface area contributed by atoms with Crippen molar-refractivity contribution in [3.05, 3.63) is 0 Å². The zero-order valence-corrected chi connectivity index (χ0v) is 15.3. The lowest BCUT2D eigenvalue weighted by Gasteiger charge is -2.54. The fourth-order valence-corrected chi connectivity index (χ4v) is 6.46. The van der Waals surface area contributed by atoms with Gasteiger partial charge in [0.15, 0.2) is 0 Å². The van der Waals surface area contributed by atoms with E-state index in [0.29, 0.717) is 19.3 Å². The molecule has 138 valence electrons. The van der Waals surface area contributed by atoms with Gasteiger partial charge in [0.2, 0.25) is 0 Å². The predicted molar refractivity (Wildman–Crippen MR) is 90.8 cm³/mol.